The molecular formula is C23H32O3. The summed E-state index contributed by atoms with van der Waals surface area (Å²) in [6.45, 7) is 3.00. The summed E-state index contributed by atoms with van der Waals surface area (Å²) in [5.74, 6) is 3.07. The fourth-order valence-corrected chi connectivity index (χ4v) is 8.39. The summed E-state index contributed by atoms with van der Waals surface area (Å²) in [6, 6.07) is 0. The molecule has 0 bridgehead atoms. The van der Waals surface area contributed by atoms with Gasteiger partial charge >= 0.3 is 5.97 Å². The van der Waals surface area contributed by atoms with Gasteiger partial charge in [0.25, 0.3) is 0 Å². The maximum Gasteiger partial charge on any atom is 0.331 e. The standard InChI is InChI=1S/C23H32O3/c1-22-11-9-20-17(6-5-16-4-2-3-10-23(16,20)14-24)19(22)8-7-18(22)15-12-21(25)26-13-15/h12,14,16-20H,2-11,13H2,1H3/t16?,17-,18+,19-,20-,22+,23+/m0/s1. The minimum atomic E-state index is -0.150. The quantitative estimate of drug-likeness (QED) is 0.532. The zero-order chi connectivity index (χ0) is 17.9. The van der Waals surface area contributed by atoms with Crippen LogP contribution in [0.25, 0.3) is 0 Å². The summed E-state index contributed by atoms with van der Waals surface area (Å²) in [6.07, 6.45) is 15.7. The van der Waals surface area contributed by atoms with Gasteiger partial charge < -0.3 is 9.53 Å². The largest absolute Gasteiger partial charge is 0.458 e. The van der Waals surface area contributed by atoms with Crippen LogP contribution in [0.1, 0.15) is 71.1 Å². The monoisotopic (exact) mass is 356 g/mol. The third kappa shape index (κ3) is 2.18. The summed E-state index contributed by atoms with van der Waals surface area (Å²) >= 11 is 0. The van der Waals surface area contributed by atoms with Gasteiger partial charge in [-0.05, 0) is 91.9 Å². The number of aldehydes is 1. The minimum Gasteiger partial charge on any atom is -0.458 e. The summed E-state index contributed by atoms with van der Waals surface area (Å²) in [5, 5.41) is 0. The number of cyclic esters (lactones) is 1. The number of carbonyl (C=O) groups is 2. The van der Waals surface area contributed by atoms with Gasteiger partial charge in [0.15, 0.2) is 0 Å². The molecule has 1 aliphatic heterocycles. The van der Waals surface area contributed by atoms with E-state index in [0.717, 1.165) is 18.3 Å². The van der Waals surface area contributed by atoms with E-state index in [4.69, 9.17) is 4.74 Å². The molecule has 0 saturated heterocycles. The predicted molar refractivity (Wildman–Crippen MR) is 99.3 cm³/mol. The third-order valence-electron chi connectivity index (χ3n) is 9.50. The Labute approximate surface area is 156 Å². The first-order valence-corrected chi connectivity index (χ1v) is 10.9. The SMILES string of the molecule is C[C@]12CC[C@H]3[C@@H](CCC4CCCC[C@@]43C=O)[C@@H]1CC[C@@H]2C1=CC(=O)OC1. The molecule has 4 saturated carbocycles. The van der Waals surface area contributed by atoms with Crippen molar-refractivity contribution in [1.82, 2.24) is 0 Å². The second-order valence-corrected chi connectivity index (χ2v) is 10.1. The van der Waals surface area contributed by atoms with Gasteiger partial charge in [0.2, 0.25) is 0 Å². The van der Waals surface area contributed by atoms with E-state index < -0.39 is 0 Å². The molecule has 3 nitrogen and oxygen atoms in total. The summed E-state index contributed by atoms with van der Waals surface area (Å²) in [7, 11) is 0. The molecule has 0 N–H and O–H groups in total. The van der Waals surface area contributed by atoms with E-state index in [0.29, 0.717) is 29.8 Å². The minimum absolute atomic E-state index is 0.00765. The zero-order valence-corrected chi connectivity index (χ0v) is 16.0. The fraction of sp³-hybridized carbons (Fsp3) is 0.826. The number of rotatable bonds is 2. The van der Waals surface area contributed by atoms with Crippen molar-refractivity contribution in [2.24, 2.45) is 40.4 Å². The summed E-state index contributed by atoms with van der Waals surface area (Å²) in [4.78, 5) is 24.0. The molecule has 142 valence electrons. The Morgan fingerprint density at radius 1 is 1.04 bits per heavy atom. The van der Waals surface area contributed by atoms with Crippen molar-refractivity contribution in [3.8, 4) is 0 Å². The average Bonchev–Trinajstić information content (AvgIpc) is 3.23. The molecule has 4 fully saturated rings. The van der Waals surface area contributed by atoms with E-state index in [2.05, 4.69) is 6.92 Å². The summed E-state index contributed by atoms with van der Waals surface area (Å²) < 4.78 is 5.24. The van der Waals surface area contributed by atoms with Crippen molar-refractivity contribution < 1.29 is 14.3 Å². The Kier molecular flexibility index (Phi) is 3.89. The Balaban J connectivity index is 1.45. The lowest BCUT2D eigenvalue weighted by Gasteiger charge is -2.59. The molecule has 5 aliphatic rings. The maximum atomic E-state index is 12.4. The van der Waals surface area contributed by atoms with Crippen LogP contribution in [0.3, 0.4) is 0 Å². The van der Waals surface area contributed by atoms with Crippen LogP contribution >= 0.6 is 0 Å². The van der Waals surface area contributed by atoms with Crippen molar-refractivity contribution in [1.29, 1.82) is 0 Å². The number of fused-ring (bicyclic) bond motifs is 5. The van der Waals surface area contributed by atoms with Crippen LogP contribution < -0.4 is 0 Å². The number of ether oxygens (including phenoxy) is 1. The van der Waals surface area contributed by atoms with Gasteiger partial charge in [-0.3, -0.25) is 0 Å². The molecule has 0 spiro atoms. The van der Waals surface area contributed by atoms with Crippen molar-refractivity contribution in [2.75, 3.05) is 6.61 Å². The van der Waals surface area contributed by atoms with Crippen LogP contribution in [0, 0.1) is 40.4 Å². The van der Waals surface area contributed by atoms with Crippen LogP contribution in [0.2, 0.25) is 0 Å². The van der Waals surface area contributed by atoms with E-state index in [9.17, 15) is 9.59 Å². The second-order valence-electron chi connectivity index (χ2n) is 10.1. The lowest BCUT2D eigenvalue weighted by molar-refractivity contribution is -0.146. The van der Waals surface area contributed by atoms with E-state index in [-0.39, 0.29) is 11.4 Å². The van der Waals surface area contributed by atoms with Crippen LogP contribution in [-0.4, -0.2) is 18.9 Å². The highest BCUT2D eigenvalue weighted by Gasteiger charge is 2.61. The first-order valence-electron chi connectivity index (χ1n) is 10.9. The van der Waals surface area contributed by atoms with Crippen LogP contribution in [0.15, 0.2) is 11.6 Å². The second kappa shape index (κ2) is 5.94. The molecule has 0 aromatic heterocycles. The maximum absolute atomic E-state index is 12.4. The number of hydrogen-bond acceptors (Lipinski definition) is 3. The Morgan fingerprint density at radius 3 is 2.69 bits per heavy atom. The van der Waals surface area contributed by atoms with Crippen molar-refractivity contribution in [3.63, 3.8) is 0 Å². The highest BCUT2D eigenvalue weighted by atomic mass is 16.5. The van der Waals surface area contributed by atoms with Gasteiger partial charge in [0, 0.05) is 11.5 Å². The smallest absolute Gasteiger partial charge is 0.331 e. The molecule has 0 amide bonds. The van der Waals surface area contributed by atoms with E-state index in [1.807, 2.05) is 0 Å². The van der Waals surface area contributed by atoms with Crippen molar-refractivity contribution in [3.05, 3.63) is 11.6 Å². The molecule has 7 atom stereocenters. The van der Waals surface area contributed by atoms with Crippen molar-refractivity contribution >= 4 is 12.3 Å². The first-order chi connectivity index (χ1) is 12.6. The molecule has 0 aromatic carbocycles. The molecule has 3 heteroatoms. The lowest BCUT2D eigenvalue weighted by Crippen LogP contribution is -2.54. The molecule has 1 unspecified atom stereocenters. The summed E-state index contributed by atoms with van der Waals surface area (Å²) in [5.41, 5.74) is 1.54. The van der Waals surface area contributed by atoms with E-state index >= 15 is 0 Å². The van der Waals surface area contributed by atoms with Crippen LogP contribution in [-0.2, 0) is 14.3 Å². The molecule has 26 heavy (non-hydrogen) atoms. The highest BCUT2D eigenvalue weighted by Crippen LogP contribution is 2.68. The van der Waals surface area contributed by atoms with Gasteiger partial charge in [-0.15, -0.1) is 0 Å². The van der Waals surface area contributed by atoms with Gasteiger partial charge in [-0.2, -0.15) is 0 Å². The molecule has 0 aromatic rings. The molecular weight excluding hydrogens is 324 g/mol. The number of esters is 1. The normalized spacial score (nSPS) is 50.3. The van der Waals surface area contributed by atoms with Gasteiger partial charge in [-0.25, -0.2) is 4.79 Å². The van der Waals surface area contributed by atoms with E-state index in [1.54, 1.807) is 6.08 Å². The zero-order valence-electron chi connectivity index (χ0n) is 16.0. The molecule has 4 aliphatic carbocycles. The van der Waals surface area contributed by atoms with Gasteiger partial charge in [0.05, 0.1) is 0 Å². The Hall–Kier alpha value is -1.12. The van der Waals surface area contributed by atoms with Crippen molar-refractivity contribution in [2.45, 2.75) is 71.1 Å². The Bertz CT molecular complexity index is 652. The fourth-order valence-electron chi connectivity index (χ4n) is 8.39. The topological polar surface area (TPSA) is 43.4 Å². The van der Waals surface area contributed by atoms with Gasteiger partial charge in [-0.1, -0.05) is 19.8 Å². The first kappa shape index (κ1) is 17.0. The van der Waals surface area contributed by atoms with Crippen LogP contribution in [0.4, 0.5) is 0 Å². The third-order valence-corrected chi connectivity index (χ3v) is 9.50. The van der Waals surface area contributed by atoms with Gasteiger partial charge in [0.1, 0.15) is 12.9 Å². The number of carbonyl (C=O) groups excluding carboxylic acids is 2. The average molecular weight is 357 g/mol. The molecule has 5 rings (SSSR count). The lowest BCUT2D eigenvalue weighted by atomic mass is 9.44. The van der Waals surface area contributed by atoms with E-state index in [1.165, 1.54) is 69.6 Å². The number of hydrogen-bond donors (Lipinski definition) is 0. The Morgan fingerprint density at radius 2 is 1.92 bits per heavy atom. The predicted octanol–water partition coefficient (Wildman–Crippen LogP) is 4.70. The molecule has 1 heterocycles. The molecule has 0 radical (unpaired) electrons. The van der Waals surface area contributed by atoms with Crippen LogP contribution in [0.5, 0.6) is 0 Å². The highest BCUT2D eigenvalue weighted by molar-refractivity contribution is 5.85.